The number of sulfonamides is 1. The van der Waals surface area contributed by atoms with Gasteiger partial charge in [-0.3, -0.25) is 9.69 Å². The second-order valence-corrected chi connectivity index (χ2v) is 9.62. The Hall–Kier alpha value is -3.12. The van der Waals surface area contributed by atoms with Crippen molar-refractivity contribution in [1.29, 1.82) is 0 Å². The minimum atomic E-state index is -3.87. The highest BCUT2D eigenvalue weighted by molar-refractivity contribution is 7.93. The second kappa shape index (κ2) is 7.61. The van der Waals surface area contributed by atoms with E-state index >= 15 is 0 Å². The van der Waals surface area contributed by atoms with Crippen molar-refractivity contribution in [3.63, 3.8) is 0 Å². The molecule has 5 nitrogen and oxygen atoms in total. The number of rotatable bonds is 4. The number of nitrogens with zero attached hydrogens (tertiary/aromatic N) is 2. The summed E-state index contributed by atoms with van der Waals surface area (Å²) in [4.78, 5) is 15.3. The Kier molecular flexibility index (Phi) is 5.12. The zero-order valence-electron chi connectivity index (χ0n) is 17.2. The molecular formula is C24H24N2O3S. The van der Waals surface area contributed by atoms with Crippen LogP contribution in [-0.2, 0) is 10.0 Å². The standard InChI is InChI=1S/C24H24N2O3S/c1-17(2)23-25(24(27)19-9-5-4-6-10-19)21-11-7-8-12-22(21)26(23)30(28,29)20-15-13-18(3)14-16-20/h4-17,23H,1-3H3/t23-/m1/s1. The summed E-state index contributed by atoms with van der Waals surface area (Å²) in [5.41, 5.74) is 2.62. The van der Waals surface area contributed by atoms with Gasteiger partial charge >= 0.3 is 0 Å². The predicted molar refractivity (Wildman–Crippen MR) is 119 cm³/mol. The van der Waals surface area contributed by atoms with E-state index in [1.807, 2.05) is 32.9 Å². The lowest BCUT2D eigenvalue weighted by Gasteiger charge is -2.34. The van der Waals surface area contributed by atoms with E-state index < -0.39 is 16.2 Å². The topological polar surface area (TPSA) is 57.7 Å². The highest BCUT2D eigenvalue weighted by Gasteiger charge is 2.47. The summed E-state index contributed by atoms with van der Waals surface area (Å²) in [5, 5.41) is 0. The van der Waals surface area contributed by atoms with E-state index in [1.54, 1.807) is 71.6 Å². The number of carbonyl (C=O) groups excluding carboxylic acids is 1. The minimum Gasteiger partial charge on any atom is -0.284 e. The van der Waals surface area contributed by atoms with Crippen molar-refractivity contribution in [2.75, 3.05) is 9.21 Å². The lowest BCUT2D eigenvalue weighted by molar-refractivity contribution is 0.0974. The van der Waals surface area contributed by atoms with E-state index in [2.05, 4.69) is 0 Å². The molecule has 0 spiro atoms. The lowest BCUT2D eigenvalue weighted by Crippen LogP contribution is -2.51. The Morgan fingerprint density at radius 3 is 2.00 bits per heavy atom. The number of carbonyl (C=O) groups is 1. The van der Waals surface area contributed by atoms with Crippen LogP contribution in [0, 0.1) is 12.8 Å². The molecule has 0 saturated carbocycles. The zero-order chi connectivity index (χ0) is 21.5. The average molecular weight is 421 g/mol. The molecule has 0 aromatic heterocycles. The molecule has 0 saturated heterocycles. The van der Waals surface area contributed by atoms with Gasteiger partial charge in [-0.05, 0) is 49.2 Å². The molecule has 3 aromatic carbocycles. The molecule has 30 heavy (non-hydrogen) atoms. The fourth-order valence-electron chi connectivity index (χ4n) is 3.86. The SMILES string of the molecule is Cc1ccc(S(=O)(=O)N2c3ccccc3N(C(=O)c3ccccc3)[C@H]2C(C)C)cc1. The molecule has 154 valence electrons. The van der Waals surface area contributed by atoms with Crippen molar-refractivity contribution < 1.29 is 13.2 Å². The fraction of sp³-hybridized carbons (Fsp3) is 0.208. The lowest BCUT2D eigenvalue weighted by atomic mass is 10.1. The monoisotopic (exact) mass is 420 g/mol. The van der Waals surface area contributed by atoms with Gasteiger partial charge in [-0.1, -0.05) is 61.9 Å². The van der Waals surface area contributed by atoms with E-state index in [0.717, 1.165) is 5.56 Å². The summed E-state index contributed by atoms with van der Waals surface area (Å²) in [6, 6.07) is 22.9. The smallest absolute Gasteiger partial charge is 0.266 e. The Balaban J connectivity index is 1.89. The fourth-order valence-corrected chi connectivity index (χ4v) is 5.60. The van der Waals surface area contributed by atoms with Crippen LogP contribution in [0.15, 0.2) is 83.8 Å². The van der Waals surface area contributed by atoms with Crippen LogP contribution >= 0.6 is 0 Å². The Morgan fingerprint density at radius 2 is 1.40 bits per heavy atom. The maximum absolute atomic E-state index is 13.7. The summed E-state index contributed by atoms with van der Waals surface area (Å²) >= 11 is 0. The summed E-state index contributed by atoms with van der Waals surface area (Å²) < 4.78 is 28.8. The molecule has 0 unspecified atom stereocenters. The molecule has 0 radical (unpaired) electrons. The molecule has 1 aliphatic heterocycles. The average Bonchev–Trinajstić information content (AvgIpc) is 3.10. The van der Waals surface area contributed by atoms with Crippen LogP contribution in [0.2, 0.25) is 0 Å². The van der Waals surface area contributed by atoms with E-state index in [0.29, 0.717) is 16.9 Å². The van der Waals surface area contributed by atoms with E-state index in [4.69, 9.17) is 0 Å². The molecule has 0 N–H and O–H groups in total. The number of hydrogen-bond donors (Lipinski definition) is 0. The molecule has 1 atom stereocenters. The van der Waals surface area contributed by atoms with Gasteiger partial charge in [-0.2, -0.15) is 0 Å². The maximum Gasteiger partial charge on any atom is 0.266 e. The van der Waals surface area contributed by atoms with Gasteiger partial charge in [-0.15, -0.1) is 0 Å². The van der Waals surface area contributed by atoms with Crippen LogP contribution in [0.5, 0.6) is 0 Å². The molecule has 6 heteroatoms. The first-order chi connectivity index (χ1) is 14.3. The predicted octanol–water partition coefficient (Wildman–Crippen LogP) is 4.83. The molecular weight excluding hydrogens is 396 g/mol. The van der Waals surface area contributed by atoms with Gasteiger partial charge in [-0.25, -0.2) is 12.7 Å². The molecule has 3 aromatic rings. The van der Waals surface area contributed by atoms with E-state index in [1.165, 1.54) is 4.31 Å². The molecule has 1 amide bonds. The van der Waals surface area contributed by atoms with Crippen molar-refractivity contribution in [3.8, 4) is 0 Å². The second-order valence-electron chi connectivity index (χ2n) is 7.80. The highest BCUT2D eigenvalue weighted by atomic mass is 32.2. The maximum atomic E-state index is 13.7. The van der Waals surface area contributed by atoms with Gasteiger partial charge in [0.15, 0.2) is 0 Å². The van der Waals surface area contributed by atoms with E-state index in [-0.39, 0.29) is 16.7 Å². The third kappa shape index (κ3) is 3.27. The van der Waals surface area contributed by atoms with Gasteiger partial charge in [0, 0.05) is 5.56 Å². The summed E-state index contributed by atoms with van der Waals surface area (Å²) in [5.74, 6) is -0.353. The first kappa shape index (κ1) is 20.2. The number of para-hydroxylation sites is 2. The Labute approximate surface area is 177 Å². The normalized spacial score (nSPS) is 16.1. The van der Waals surface area contributed by atoms with Crippen LogP contribution in [0.25, 0.3) is 0 Å². The summed E-state index contributed by atoms with van der Waals surface area (Å²) in [6.45, 7) is 5.78. The van der Waals surface area contributed by atoms with Gasteiger partial charge in [0.05, 0.1) is 16.3 Å². The molecule has 0 aliphatic carbocycles. The third-order valence-electron chi connectivity index (χ3n) is 5.30. The first-order valence-corrected chi connectivity index (χ1v) is 11.3. The van der Waals surface area contributed by atoms with Gasteiger partial charge in [0.1, 0.15) is 6.17 Å². The number of anilines is 2. The van der Waals surface area contributed by atoms with E-state index in [9.17, 15) is 13.2 Å². The van der Waals surface area contributed by atoms with Crippen LogP contribution in [0.1, 0.15) is 29.8 Å². The number of hydrogen-bond acceptors (Lipinski definition) is 3. The van der Waals surface area contributed by atoms with Crippen LogP contribution < -0.4 is 9.21 Å². The Bertz CT molecular complexity index is 1170. The number of aryl methyl sites for hydroxylation is 1. The minimum absolute atomic E-state index is 0.134. The van der Waals surface area contributed by atoms with Gasteiger partial charge in [0.2, 0.25) is 0 Å². The van der Waals surface area contributed by atoms with Crippen molar-refractivity contribution in [2.45, 2.75) is 31.8 Å². The molecule has 1 aliphatic rings. The molecule has 4 rings (SSSR count). The van der Waals surface area contributed by atoms with Crippen LogP contribution in [0.3, 0.4) is 0 Å². The van der Waals surface area contributed by atoms with Crippen LogP contribution in [0.4, 0.5) is 11.4 Å². The Morgan fingerprint density at radius 1 is 0.833 bits per heavy atom. The number of benzene rings is 3. The quantitative estimate of drug-likeness (QED) is 0.607. The third-order valence-corrected chi connectivity index (χ3v) is 7.10. The van der Waals surface area contributed by atoms with Gasteiger partial charge < -0.3 is 0 Å². The molecule has 0 fully saturated rings. The van der Waals surface area contributed by atoms with Gasteiger partial charge in [0.25, 0.3) is 15.9 Å². The molecule has 0 bridgehead atoms. The van der Waals surface area contributed by atoms with Crippen molar-refractivity contribution >= 4 is 27.3 Å². The first-order valence-electron chi connectivity index (χ1n) is 9.91. The summed E-state index contributed by atoms with van der Waals surface area (Å²) in [6.07, 6.45) is -0.665. The van der Waals surface area contributed by atoms with Crippen molar-refractivity contribution in [3.05, 3.63) is 90.0 Å². The van der Waals surface area contributed by atoms with Crippen molar-refractivity contribution in [1.82, 2.24) is 0 Å². The highest BCUT2D eigenvalue weighted by Crippen LogP contribution is 2.45. The largest absolute Gasteiger partial charge is 0.284 e. The zero-order valence-corrected chi connectivity index (χ0v) is 18.0. The number of fused-ring (bicyclic) bond motifs is 1. The van der Waals surface area contributed by atoms with Crippen LogP contribution in [-0.4, -0.2) is 20.5 Å². The molecule has 1 heterocycles. The number of amides is 1. The summed E-state index contributed by atoms with van der Waals surface area (Å²) in [7, 11) is -3.87. The van der Waals surface area contributed by atoms with Crippen molar-refractivity contribution in [2.24, 2.45) is 5.92 Å².